The van der Waals surface area contributed by atoms with Crippen molar-refractivity contribution < 1.29 is 23.1 Å². The first-order valence-electron chi connectivity index (χ1n) is 6.54. The van der Waals surface area contributed by atoms with Crippen LogP contribution in [0.15, 0.2) is 47.9 Å². The fraction of sp³-hybridized carbons (Fsp3) is 0.200. The third-order valence-corrected chi connectivity index (χ3v) is 3.62. The van der Waals surface area contributed by atoms with Gasteiger partial charge in [0.15, 0.2) is 0 Å². The summed E-state index contributed by atoms with van der Waals surface area (Å²) in [6, 6.07) is 8.33. The van der Waals surface area contributed by atoms with Crippen LogP contribution < -0.4 is 0 Å². The first-order chi connectivity index (χ1) is 10.8. The molecular weight excluding hydrogens is 333 g/mol. The molecule has 23 heavy (non-hydrogen) atoms. The van der Waals surface area contributed by atoms with E-state index < -0.39 is 18.4 Å². The Kier molecular flexibility index (Phi) is 3.77. The second-order valence-corrected chi connectivity index (χ2v) is 5.49. The molecule has 0 saturated heterocycles. The summed E-state index contributed by atoms with van der Waals surface area (Å²) in [5, 5.41) is 13.3. The van der Waals surface area contributed by atoms with Crippen molar-refractivity contribution in [2.75, 3.05) is 0 Å². The zero-order chi connectivity index (χ0) is 16.7. The number of aromatic nitrogens is 1. The van der Waals surface area contributed by atoms with Crippen LogP contribution in [0.5, 0.6) is 0 Å². The number of rotatable bonds is 2. The van der Waals surface area contributed by atoms with Crippen molar-refractivity contribution in [3.8, 4) is 11.1 Å². The summed E-state index contributed by atoms with van der Waals surface area (Å²) in [7, 11) is 0. The number of pyridine rings is 1. The highest BCUT2D eigenvalue weighted by Crippen LogP contribution is 2.39. The van der Waals surface area contributed by atoms with E-state index >= 15 is 0 Å². The van der Waals surface area contributed by atoms with Crippen LogP contribution in [0.3, 0.4) is 0 Å². The van der Waals surface area contributed by atoms with Crippen LogP contribution >= 0.6 is 11.6 Å². The lowest BCUT2D eigenvalue weighted by atomic mass is 9.99. The van der Waals surface area contributed by atoms with E-state index in [1.165, 1.54) is 6.20 Å². The Balaban J connectivity index is 1.82. The van der Waals surface area contributed by atoms with Crippen LogP contribution in [0, 0.1) is 0 Å². The van der Waals surface area contributed by atoms with Gasteiger partial charge in [-0.3, -0.25) is 4.98 Å². The predicted octanol–water partition coefficient (Wildman–Crippen LogP) is 3.78. The molecule has 0 radical (unpaired) electrons. The fourth-order valence-electron chi connectivity index (χ4n) is 2.15. The summed E-state index contributed by atoms with van der Waals surface area (Å²) in [6.07, 6.45) is -2.54. The number of nitrogens with zero attached hydrogens (tertiary/aromatic N) is 2. The van der Waals surface area contributed by atoms with E-state index in [0.29, 0.717) is 10.6 Å². The molecule has 120 valence electrons. The van der Waals surface area contributed by atoms with Gasteiger partial charge >= 0.3 is 12.0 Å². The van der Waals surface area contributed by atoms with E-state index in [0.717, 1.165) is 11.1 Å². The molecule has 1 unspecified atom stereocenters. The van der Waals surface area contributed by atoms with E-state index in [9.17, 15) is 18.3 Å². The van der Waals surface area contributed by atoms with E-state index in [-0.39, 0.29) is 5.71 Å². The maximum Gasteiger partial charge on any atom is 0.458 e. The molecule has 0 amide bonds. The summed E-state index contributed by atoms with van der Waals surface area (Å²) < 4.78 is 38.1. The molecule has 0 saturated carbocycles. The van der Waals surface area contributed by atoms with E-state index in [4.69, 9.17) is 11.6 Å². The van der Waals surface area contributed by atoms with Gasteiger partial charge in [0.05, 0.1) is 17.2 Å². The van der Waals surface area contributed by atoms with Gasteiger partial charge in [0.1, 0.15) is 0 Å². The van der Waals surface area contributed by atoms with E-state index in [1.54, 1.807) is 36.5 Å². The van der Waals surface area contributed by atoms with Crippen molar-refractivity contribution in [2.45, 2.75) is 18.4 Å². The van der Waals surface area contributed by atoms with Crippen molar-refractivity contribution in [2.24, 2.45) is 5.16 Å². The summed E-state index contributed by atoms with van der Waals surface area (Å²) in [5.74, 6) is -3.27. The van der Waals surface area contributed by atoms with Gasteiger partial charge in [-0.25, -0.2) is 0 Å². The summed E-state index contributed by atoms with van der Waals surface area (Å²) in [4.78, 5) is 8.17. The molecular formula is C15H10ClF3N2O2. The van der Waals surface area contributed by atoms with Gasteiger partial charge in [-0.15, -0.1) is 0 Å². The normalized spacial score (nSPS) is 21.0. The number of hydrogen-bond acceptors (Lipinski definition) is 4. The third kappa shape index (κ3) is 3.02. The van der Waals surface area contributed by atoms with Gasteiger partial charge < -0.3 is 9.94 Å². The Morgan fingerprint density at radius 3 is 2.30 bits per heavy atom. The van der Waals surface area contributed by atoms with Gasteiger partial charge in [0.2, 0.25) is 0 Å². The van der Waals surface area contributed by atoms with Crippen molar-refractivity contribution in [3.63, 3.8) is 0 Å². The zero-order valence-electron chi connectivity index (χ0n) is 11.5. The van der Waals surface area contributed by atoms with Crippen molar-refractivity contribution in [1.82, 2.24) is 4.98 Å². The number of oxime groups is 1. The monoisotopic (exact) mass is 342 g/mol. The summed E-state index contributed by atoms with van der Waals surface area (Å²) in [5.41, 5.74) is 2.04. The highest BCUT2D eigenvalue weighted by Gasteiger charge is 2.60. The Hall–Kier alpha value is -2.12. The molecule has 1 atom stereocenters. The van der Waals surface area contributed by atoms with E-state index in [2.05, 4.69) is 15.0 Å². The molecule has 0 fully saturated rings. The SMILES string of the molecule is OC1(C(F)(F)F)CC(c2ccc(-c3cncc(Cl)c3)cc2)=NO1. The standard InChI is InChI=1S/C15H10ClF3N2O2/c16-12-5-11(7-20-8-12)9-1-3-10(4-2-9)13-6-14(22,23-21-13)15(17,18)19/h1-5,7-8,22H,6H2. The number of benzene rings is 1. The van der Waals surface area contributed by atoms with Gasteiger partial charge in [-0.05, 0) is 17.2 Å². The van der Waals surface area contributed by atoms with Gasteiger partial charge in [-0.1, -0.05) is 41.0 Å². The molecule has 1 aliphatic rings. The molecule has 3 rings (SSSR count). The van der Waals surface area contributed by atoms with Crippen LogP contribution in [-0.2, 0) is 4.84 Å². The fourth-order valence-corrected chi connectivity index (χ4v) is 2.33. The minimum atomic E-state index is -4.91. The molecule has 2 aromatic rings. The minimum Gasteiger partial charge on any atom is -0.350 e. The maximum atomic E-state index is 12.7. The largest absolute Gasteiger partial charge is 0.458 e. The van der Waals surface area contributed by atoms with Crippen LogP contribution in [0.2, 0.25) is 5.02 Å². The van der Waals surface area contributed by atoms with Crippen molar-refractivity contribution >= 4 is 17.3 Å². The zero-order valence-corrected chi connectivity index (χ0v) is 12.3. The molecule has 1 aromatic carbocycles. The highest BCUT2D eigenvalue weighted by atomic mass is 35.5. The van der Waals surface area contributed by atoms with Crippen LogP contribution in [0.4, 0.5) is 13.2 Å². The topological polar surface area (TPSA) is 54.7 Å². The van der Waals surface area contributed by atoms with Crippen LogP contribution in [-0.4, -0.2) is 27.8 Å². The molecule has 0 aliphatic carbocycles. The summed E-state index contributed by atoms with van der Waals surface area (Å²) in [6.45, 7) is 0. The Morgan fingerprint density at radius 1 is 1.09 bits per heavy atom. The van der Waals surface area contributed by atoms with Gasteiger partial charge in [0.25, 0.3) is 0 Å². The van der Waals surface area contributed by atoms with Crippen molar-refractivity contribution in [3.05, 3.63) is 53.3 Å². The second kappa shape index (κ2) is 5.50. The molecule has 0 spiro atoms. The van der Waals surface area contributed by atoms with Gasteiger partial charge in [-0.2, -0.15) is 13.2 Å². The lowest BCUT2D eigenvalue weighted by Gasteiger charge is -2.22. The third-order valence-electron chi connectivity index (χ3n) is 3.41. The van der Waals surface area contributed by atoms with Gasteiger partial charge in [0, 0.05) is 18.0 Å². The lowest BCUT2D eigenvalue weighted by Crippen LogP contribution is -2.45. The predicted molar refractivity (Wildman–Crippen MR) is 77.9 cm³/mol. The van der Waals surface area contributed by atoms with Crippen LogP contribution in [0.1, 0.15) is 12.0 Å². The molecule has 1 aliphatic heterocycles. The Morgan fingerprint density at radius 2 is 1.74 bits per heavy atom. The Labute approximate surface area is 134 Å². The average Bonchev–Trinajstić information content (AvgIpc) is 2.91. The lowest BCUT2D eigenvalue weighted by molar-refractivity contribution is -0.355. The summed E-state index contributed by atoms with van der Waals surface area (Å²) >= 11 is 5.87. The van der Waals surface area contributed by atoms with Crippen LogP contribution in [0.25, 0.3) is 11.1 Å². The quantitative estimate of drug-likeness (QED) is 0.903. The number of hydrogen-bond donors (Lipinski definition) is 1. The molecule has 2 heterocycles. The first-order valence-corrected chi connectivity index (χ1v) is 6.92. The molecule has 4 nitrogen and oxygen atoms in total. The smallest absolute Gasteiger partial charge is 0.350 e. The molecule has 1 N–H and O–H groups in total. The highest BCUT2D eigenvalue weighted by molar-refractivity contribution is 6.30. The number of halogens is 4. The number of alkyl halides is 3. The Bertz CT molecular complexity index is 762. The molecule has 1 aromatic heterocycles. The number of aliphatic hydroxyl groups is 1. The average molecular weight is 343 g/mol. The van der Waals surface area contributed by atoms with E-state index in [1.807, 2.05) is 0 Å². The molecule has 0 bridgehead atoms. The second-order valence-electron chi connectivity index (χ2n) is 5.06. The first kappa shape index (κ1) is 15.8. The minimum absolute atomic E-state index is 0.0283. The maximum absolute atomic E-state index is 12.7. The molecule has 8 heteroatoms. The van der Waals surface area contributed by atoms with Crippen molar-refractivity contribution in [1.29, 1.82) is 0 Å².